The number of phenols is 1. The highest BCUT2D eigenvalue weighted by atomic mass is 16.3. The maximum atomic E-state index is 9.97. The third-order valence-electron chi connectivity index (χ3n) is 5.04. The fraction of sp³-hybridized carbons (Fsp3) is 0.625. The number of hydrogen-bond acceptors (Lipinski definition) is 3. The van der Waals surface area contributed by atoms with Gasteiger partial charge in [-0.2, -0.15) is 0 Å². The molecule has 0 saturated carbocycles. The summed E-state index contributed by atoms with van der Waals surface area (Å²) in [7, 11) is 2.22. The first-order valence-corrected chi connectivity index (χ1v) is 7.34. The van der Waals surface area contributed by atoms with Crippen LogP contribution in [0.4, 0.5) is 0 Å². The summed E-state index contributed by atoms with van der Waals surface area (Å²) in [5, 5.41) is 9.97. The van der Waals surface area contributed by atoms with Crippen molar-refractivity contribution < 1.29 is 5.11 Å². The van der Waals surface area contributed by atoms with E-state index in [0.29, 0.717) is 23.9 Å². The lowest BCUT2D eigenvalue weighted by atomic mass is 10.0. The molecule has 3 atom stereocenters. The Morgan fingerprint density at radius 1 is 1.16 bits per heavy atom. The van der Waals surface area contributed by atoms with E-state index in [9.17, 15) is 5.11 Å². The van der Waals surface area contributed by atoms with Crippen LogP contribution in [0.3, 0.4) is 0 Å². The van der Waals surface area contributed by atoms with Crippen LogP contribution in [0.1, 0.15) is 37.4 Å². The Bertz CT molecular complexity index is 462. The minimum atomic E-state index is 0.482. The molecule has 19 heavy (non-hydrogen) atoms. The highest BCUT2D eigenvalue weighted by Gasteiger charge is 2.35. The summed E-state index contributed by atoms with van der Waals surface area (Å²) in [4.78, 5) is 5.08. The van der Waals surface area contributed by atoms with Gasteiger partial charge in [-0.1, -0.05) is 12.1 Å². The van der Waals surface area contributed by atoms with E-state index in [1.54, 1.807) is 0 Å². The zero-order valence-electron chi connectivity index (χ0n) is 12.1. The molecule has 3 unspecified atom stereocenters. The molecule has 0 bridgehead atoms. The molecule has 1 saturated heterocycles. The first-order valence-electron chi connectivity index (χ1n) is 7.34. The molecular weight excluding hydrogens is 236 g/mol. The number of rotatable bonds is 1. The first kappa shape index (κ1) is 12.9. The van der Waals surface area contributed by atoms with Crippen molar-refractivity contribution in [2.75, 3.05) is 20.1 Å². The highest BCUT2D eigenvalue weighted by molar-refractivity contribution is 5.44. The molecule has 1 N–H and O–H groups in total. The highest BCUT2D eigenvalue weighted by Crippen LogP contribution is 2.40. The van der Waals surface area contributed by atoms with Gasteiger partial charge in [0.15, 0.2) is 0 Å². The van der Waals surface area contributed by atoms with E-state index in [0.717, 1.165) is 25.9 Å². The van der Waals surface area contributed by atoms with E-state index < -0.39 is 0 Å². The first-order chi connectivity index (χ1) is 9.08. The Balaban J connectivity index is 1.84. The number of phenolic OH excluding ortho intramolecular Hbond substituents is 1. The lowest BCUT2D eigenvalue weighted by molar-refractivity contribution is 0.0334. The van der Waals surface area contributed by atoms with Crippen LogP contribution >= 0.6 is 0 Å². The molecular formula is C16H24N2O. The van der Waals surface area contributed by atoms with E-state index in [1.165, 1.54) is 11.1 Å². The van der Waals surface area contributed by atoms with Crippen molar-refractivity contribution in [3.63, 3.8) is 0 Å². The van der Waals surface area contributed by atoms with Crippen molar-refractivity contribution in [1.82, 2.24) is 9.80 Å². The maximum Gasteiger partial charge on any atom is 0.119 e. The number of aromatic hydroxyl groups is 1. The van der Waals surface area contributed by atoms with Crippen LogP contribution in [0.5, 0.6) is 5.75 Å². The van der Waals surface area contributed by atoms with Gasteiger partial charge in [-0.3, -0.25) is 9.80 Å². The molecule has 3 nitrogen and oxygen atoms in total. The Labute approximate surface area is 115 Å². The molecule has 2 aliphatic rings. The third kappa shape index (κ3) is 2.15. The second-order valence-electron chi connectivity index (χ2n) is 6.22. The fourth-order valence-electron chi connectivity index (χ4n) is 3.69. The van der Waals surface area contributed by atoms with Crippen molar-refractivity contribution in [3.05, 3.63) is 29.3 Å². The second kappa shape index (κ2) is 4.80. The number of likely N-dealkylation sites (N-methyl/N-ethyl adjacent to an activating group) is 1. The molecule has 1 aliphatic heterocycles. The van der Waals surface area contributed by atoms with Gasteiger partial charge in [-0.15, -0.1) is 0 Å². The number of nitrogens with zero attached hydrogens (tertiary/aromatic N) is 2. The SMILES string of the molecule is CC1CN(C2CCc3c(O)cccc32)CC(C)N1C. The van der Waals surface area contributed by atoms with Gasteiger partial charge in [0, 0.05) is 31.2 Å². The van der Waals surface area contributed by atoms with Crippen LogP contribution < -0.4 is 0 Å². The Morgan fingerprint density at radius 2 is 1.84 bits per heavy atom. The fourth-order valence-corrected chi connectivity index (χ4v) is 3.69. The molecule has 1 fully saturated rings. The van der Waals surface area contributed by atoms with Gasteiger partial charge in [0.2, 0.25) is 0 Å². The summed E-state index contributed by atoms with van der Waals surface area (Å²) < 4.78 is 0. The Morgan fingerprint density at radius 3 is 2.53 bits per heavy atom. The molecule has 1 aromatic carbocycles. The second-order valence-corrected chi connectivity index (χ2v) is 6.22. The van der Waals surface area contributed by atoms with Crippen molar-refractivity contribution in [2.45, 2.75) is 44.8 Å². The average molecular weight is 260 g/mol. The van der Waals surface area contributed by atoms with Crippen molar-refractivity contribution >= 4 is 0 Å². The minimum Gasteiger partial charge on any atom is -0.508 e. The summed E-state index contributed by atoms with van der Waals surface area (Å²) in [6.45, 7) is 6.86. The molecule has 0 amide bonds. The smallest absolute Gasteiger partial charge is 0.119 e. The molecule has 3 rings (SSSR count). The van der Waals surface area contributed by atoms with Crippen molar-refractivity contribution in [1.29, 1.82) is 0 Å². The Kier molecular flexibility index (Phi) is 3.27. The molecule has 1 aliphatic carbocycles. The molecule has 3 heteroatoms. The lowest BCUT2D eigenvalue weighted by Crippen LogP contribution is -2.55. The molecule has 1 aromatic rings. The van der Waals surface area contributed by atoms with Crippen LogP contribution in [0.25, 0.3) is 0 Å². The number of benzene rings is 1. The number of hydrogen-bond donors (Lipinski definition) is 1. The summed E-state index contributed by atoms with van der Waals surface area (Å²) in [6.07, 6.45) is 2.16. The van der Waals surface area contributed by atoms with E-state index in [2.05, 4.69) is 36.8 Å². The van der Waals surface area contributed by atoms with Gasteiger partial charge in [0.1, 0.15) is 5.75 Å². The quantitative estimate of drug-likeness (QED) is 0.840. The van der Waals surface area contributed by atoms with Crippen LogP contribution in [-0.4, -0.2) is 47.1 Å². The average Bonchev–Trinajstić information content (AvgIpc) is 2.80. The van der Waals surface area contributed by atoms with Gasteiger partial charge in [0.25, 0.3) is 0 Å². The largest absolute Gasteiger partial charge is 0.508 e. The van der Waals surface area contributed by atoms with Crippen LogP contribution in [0, 0.1) is 0 Å². The standard InChI is InChI=1S/C16H24N2O/c1-11-9-18(10-12(2)17(11)3)15-8-7-14-13(15)5-4-6-16(14)19/h4-6,11-12,15,19H,7-10H2,1-3H3. The molecule has 104 valence electrons. The molecule has 0 spiro atoms. The molecule has 1 heterocycles. The zero-order chi connectivity index (χ0) is 13.6. The maximum absolute atomic E-state index is 9.97. The van der Waals surface area contributed by atoms with Gasteiger partial charge in [-0.05, 0) is 50.9 Å². The minimum absolute atomic E-state index is 0.482. The van der Waals surface area contributed by atoms with Crippen molar-refractivity contribution in [2.24, 2.45) is 0 Å². The van der Waals surface area contributed by atoms with Crippen LogP contribution in [-0.2, 0) is 6.42 Å². The monoisotopic (exact) mass is 260 g/mol. The summed E-state index contributed by atoms with van der Waals surface area (Å²) in [5.74, 6) is 0.482. The van der Waals surface area contributed by atoms with E-state index in [4.69, 9.17) is 0 Å². The number of fused-ring (bicyclic) bond motifs is 1. The van der Waals surface area contributed by atoms with Gasteiger partial charge in [-0.25, -0.2) is 0 Å². The van der Waals surface area contributed by atoms with E-state index >= 15 is 0 Å². The topological polar surface area (TPSA) is 26.7 Å². The summed E-state index contributed by atoms with van der Waals surface area (Å²) in [5.41, 5.74) is 2.52. The predicted octanol–water partition coefficient (Wildman–Crippen LogP) is 2.40. The Hall–Kier alpha value is -1.06. The number of piperazine rings is 1. The third-order valence-corrected chi connectivity index (χ3v) is 5.04. The molecule has 0 radical (unpaired) electrons. The molecule has 0 aromatic heterocycles. The van der Waals surface area contributed by atoms with Gasteiger partial charge >= 0.3 is 0 Å². The van der Waals surface area contributed by atoms with Crippen LogP contribution in [0.15, 0.2) is 18.2 Å². The van der Waals surface area contributed by atoms with E-state index in [-0.39, 0.29) is 0 Å². The normalized spacial score (nSPS) is 32.5. The predicted molar refractivity (Wildman–Crippen MR) is 77.4 cm³/mol. The summed E-state index contributed by atoms with van der Waals surface area (Å²) in [6, 6.07) is 7.70. The van der Waals surface area contributed by atoms with E-state index in [1.807, 2.05) is 12.1 Å². The van der Waals surface area contributed by atoms with Crippen molar-refractivity contribution in [3.8, 4) is 5.75 Å². The van der Waals surface area contributed by atoms with Gasteiger partial charge in [0.05, 0.1) is 0 Å². The lowest BCUT2D eigenvalue weighted by Gasteiger charge is -2.45. The zero-order valence-corrected chi connectivity index (χ0v) is 12.1. The summed E-state index contributed by atoms with van der Waals surface area (Å²) >= 11 is 0. The van der Waals surface area contributed by atoms with Crippen LogP contribution in [0.2, 0.25) is 0 Å². The van der Waals surface area contributed by atoms with Gasteiger partial charge < -0.3 is 5.11 Å².